The Bertz CT molecular complexity index is 128. The van der Waals surface area contributed by atoms with Crippen molar-refractivity contribution in [2.45, 2.75) is 16.8 Å². The van der Waals surface area contributed by atoms with Crippen LogP contribution in [0.4, 0.5) is 0 Å². The summed E-state index contributed by atoms with van der Waals surface area (Å²) in [5, 5.41) is 0. The van der Waals surface area contributed by atoms with Gasteiger partial charge in [0.2, 0.25) is 0 Å². The molecule has 2 aliphatic rings. The molecule has 0 heterocycles. The van der Waals surface area contributed by atoms with Crippen molar-refractivity contribution >= 4 is 22.6 Å². The van der Waals surface area contributed by atoms with Gasteiger partial charge >= 0.3 is 0 Å². The summed E-state index contributed by atoms with van der Waals surface area (Å²) in [6.45, 7) is 0. The summed E-state index contributed by atoms with van der Waals surface area (Å²) in [4.78, 5) is 0. The van der Waals surface area contributed by atoms with Crippen LogP contribution in [0.25, 0.3) is 0 Å². The summed E-state index contributed by atoms with van der Waals surface area (Å²) in [5.74, 6) is 1.91. The number of allylic oxidation sites excluding steroid dienone is 2. The van der Waals surface area contributed by atoms with Crippen molar-refractivity contribution in [1.29, 1.82) is 0 Å². The Morgan fingerprint density at radius 3 is 2.38 bits per heavy atom. The fourth-order valence-corrected chi connectivity index (χ4v) is 2.90. The second kappa shape index (κ2) is 1.72. The largest absolute Gasteiger partial charge is 0.0850 e. The monoisotopic (exact) mass is 220 g/mol. The van der Waals surface area contributed by atoms with E-state index in [1.807, 2.05) is 0 Å². The molecule has 0 aromatic rings. The molecule has 0 radical (unpaired) electrons. The first-order valence-electron chi connectivity index (χ1n) is 3.18. The molecular formula is C7H9I. The lowest BCUT2D eigenvalue weighted by molar-refractivity contribution is 0.693. The Hall–Kier alpha value is 0.470. The molecule has 0 amide bonds. The maximum absolute atomic E-state index is 2.57. The summed E-state index contributed by atoms with van der Waals surface area (Å²) in [6, 6.07) is 0. The van der Waals surface area contributed by atoms with Gasteiger partial charge in [0.15, 0.2) is 0 Å². The maximum Gasteiger partial charge on any atom is 0.0178 e. The van der Waals surface area contributed by atoms with Gasteiger partial charge in [0.25, 0.3) is 0 Å². The van der Waals surface area contributed by atoms with Crippen LogP contribution in [0.2, 0.25) is 0 Å². The first kappa shape index (κ1) is 5.27. The lowest BCUT2D eigenvalue weighted by atomic mass is 10.1. The zero-order valence-electron chi connectivity index (χ0n) is 4.68. The van der Waals surface area contributed by atoms with Crippen LogP contribution in [0, 0.1) is 11.8 Å². The van der Waals surface area contributed by atoms with Crippen molar-refractivity contribution in [2.75, 3.05) is 0 Å². The summed E-state index contributed by atoms with van der Waals surface area (Å²) in [7, 11) is 0. The third-order valence-electron chi connectivity index (χ3n) is 2.20. The number of fused-ring (bicyclic) bond motifs is 2. The molecule has 0 spiro atoms. The predicted molar refractivity (Wildman–Crippen MR) is 43.2 cm³/mol. The normalized spacial score (nSPS) is 50.9. The Kier molecular flexibility index (Phi) is 1.14. The highest BCUT2D eigenvalue weighted by Gasteiger charge is 2.33. The second-order valence-electron chi connectivity index (χ2n) is 2.80. The average Bonchev–Trinajstić information content (AvgIpc) is 2.23. The molecule has 2 bridgehead atoms. The van der Waals surface area contributed by atoms with Crippen LogP contribution in [-0.4, -0.2) is 3.92 Å². The van der Waals surface area contributed by atoms with Crippen molar-refractivity contribution in [3.8, 4) is 0 Å². The van der Waals surface area contributed by atoms with Gasteiger partial charge in [-0.05, 0) is 24.7 Å². The summed E-state index contributed by atoms with van der Waals surface area (Å²) >= 11 is 2.57. The van der Waals surface area contributed by atoms with Gasteiger partial charge in [-0.15, -0.1) is 0 Å². The van der Waals surface area contributed by atoms with Crippen molar-refractivity contribution < 1.29 is 0 Å². The van der Waals surface area contributed by atoms with Gasteiger partial charge in [0, 0.05) is 3.92 Å². The highest BCUT2D eigenvalue weighted by atomic mass is 127. The lowest BCUT2D eigenvalue weighted by Crippen LogP contribution is -2.02. The summed E-state index contributed by atoms with van der Waals surface area (Å²) in [6.07, 6.45) is 7.68. The molecule has 1 fully saturated rings. The molecule has 2 aliphatic carbocycles. The third-order valence-corrected chi connectivity index (χ3v) is 3.63. The molecule has 0 saturated heterocycles. The predicted octanol–water partition coefficient (Wildman–Crippen LogP) is 2.39. The fourth-order valence-electron chi connectivity index (χ4n) is 1.71. The Morgan fingerprint density at radius 1 is 1.25 bits per heavy atom. The van der Waals surface area contributed by atoms with Crippen LogP contribution in [0.3, 0.4) is 0 Å². The highest BCUT2D eigenvalue weighted by Crippen LogP contribution is 2.42. The minimum absolute atomic E-state index is 0.945. The van der Waals surface area contributed by atoms with E-state index in [0.29, 0.717) is 0 Å². The Morgan fingerprint density at radius 2 is 2.12 bits per heavy atom. The lowest BCUT2D eigenvalue weighted by Gasteiger charge is -2.07. The van der Waals surface area contributed by atoms with Gasteiger partial charge in [0.1, 0.15) is 0 Å². The van der Waals surface area contributed by atoms with Crippen molar-refractivity contribution in [2.24, 2.45) is 11.8 Å². The standard InChI is InChI=1S/C7H9I/c8-7-4-5-1-2-6(7)3-5/h1-2,5-7H,3-4H2/t5-,6+,7+/m1/s1. The van der Waals surface area contributed by atoms with Gasteiger partial charge in [-0.25, -0.2) is 0 Å². The number of halogens is 1. The third kappa shape index (κ3) is 0.634. The average molecular weight is 220 g/mol. The van der Waals surface area contributed by atoms with Gasteiger partial charge in [-0.1, -0.05) is 34.7 Å². The second-order valence-corrected chi connectivity index (χ2v) is 4.40. The van der Waals surface area contributed by atoms with Gasteiger partial charge in [-0.2, -0.15) is 0 Å². The smallest absolute Gasteiger partial charge is 0.0178 e. The molecule has 8 heavy (non-hydrogen) atoms. The van der Waals surface area contributed by atoms with E-state index in [2.05, 4.69) is 34.7 Å². The first-order chi connectivity index (χ1) is 3.86. The number of rotatable bonds is 0. The highest BCUT2D eigenvalue weighted by molar-refractivity contribution is 14.1. The van der Waals surface area contributed by atoms with Gasteiger partial charge in [-0.3, -0.25) is 0 Å². The molecule has 0 nitrogen and oxygen atoms in total. The zero-order chi connectivity index (χ0) is 5.56. The van der Waals surface area contributed by atoms with E-state index in [9.17, 15) is 0 Å². The quantitative estimate of drug-likeness (QED) is 0.334. The van der Waals surface area contributed by atoms with Crippen LogP contribution in [0.5, 0.6) is 0 Å². The molecule has 44 valence electrons. The minimum atomic E-state index is 0.945. The Balaban J connectivity index is 2.23. The molecule has 0 aromatic carbocycles. The summed E-state index contributed by atoms with van der Waals surface area (Å²) in [5.41, 5.74) is 0. The number of hydrogen-bond acceptors (Lipinski definition) is 0. The van der Waals surface area contributed by atoms with E-state index >= 15 is 0 Å². The molecule has 1 saturated carbocycles. The zero-order valence-corrected chi connectivity index (χ0v) is 6.84. The topological polar surface area (TPSA) is 0 Å². The minimum Gasteiger partial charge on any atom is -0.0850 e. The number of hydrogen-bond donors (Lipinski definition) is 0. The van der Waals surface area contributed by atoms with E-state index in [4.69, 9.17) is 0 Å². The molecule has 1 heteroatoms. The van der Waals surface area contributed by atoms with Crippen LogP contribution >= 0.6 is 22.6 Å². The molecule has 0 aliphatic heterocycles. The van der Waals surface area contributed by atoms with Crippen molar-refractivity contribution in [3.63, 3.8) is 0 Å². The first-order valence-corrected chi connectivity index (χ1v) is 4.43. The van der Waals surface area contributed by atoms with E-state index < -0.39 is 0 Å². The van der Waals surface area contributed by atoms with Gasteiger partial charge in [0.05, 0.1) is 0 Å². The molecular weight excluding hydrogens is 211 g/mol. The van der Waals surface area contributed by atoms with Crippen LogP contribution in [0.1, 0.15) is 12.8 Å². The van der Waals surface area contributed by atoms with Gasteiger partial charge < -0.3 is 0 Å². The molecule has 3 atom stereocenters. The van der Waals surface area contributed by atoms with Crippen LogP contribution in [0.15, 0.2) is 12.2 Å². The maximum atomic E-state index is 2.57. The summed E-state index contributed by atoms with van der Waals surface area (Å²) < 4.78 is 0.961. The fraction of sp³-hybridized carbons (Fsp3) is 0.714. The van der Waals surface area contributed by atoms with E-state index in [1.54, 1.807) is 0 Å². The van der Waals surface area contributed by atoms with Crippen LogP contribution < -0.4 is 0 Å². The van der Waals surface area contributed by atoms with E-state index in [-0.39, 0.29) is 0 Å². The molecule has 2 rings (SSSR count). The Labute approximate surface area is 63.5 Å². The SMILES string of the molecule is I[C@H]1C[C@@H]2C=C[C@H]1C2. The van der Waals surface area contributed by atoms with E-state index in [1.165, 1.54) is 12.8 Å². The molecule has 0 N–H and O–H groups in total. The molecule has 0 aromatic heterocycles. The van der Waals surface area contributed by atoms with Crippen molar-refractivity contribution in [1.82, 2.24) is 0 Å². The number of alkyl halides is 1. The van der Waals surface area contributed by atoms with Crippen LogP contribution in [-0.2, 0) is 0 Å². The molecule has 0 unspecified atom stereocenters. The van der Waals surface area contributed by atoms with E-state index in [0.717, 1.165) is 15.8 Å². The van der Waals surface area contributed by atoms with Crippen molar-refractivity contribution in [3.05, 3.63) is 12.2 Å².